The van der Waals surface area contributed by atoms with Crippen LogP contribution in [0.4, 0.5) is 13.6 Å². The normalized spacial score (nSPS) is 16.6. The molecular weight excluding hydrogens is 407 g/mol. The van der Waals surface area contributed by atoms with Crippen molar-refractivity contribution in [2.45, 2.75) is 51.8 Å². The van der Waals surface area contributed by atoms with Crippen molar-refractivity contribution in [3.63, 3.8) is 0 Å². The number of halogens is 2. The first-order chi connectivity index (χ1) is 14.1. The maximum atomic E-state index is 13.5. The van der Waals surface area contributed by atoms with Crippen molar-refractivity contribution in [3.8, 4) is 5.75 Å². The molecule has 30 heavy (non-hydrogen) atoms. The number of benzene rings is 1. The number of esters is 1. The predicted molar refractivity (Wildman–Crippen MR) is 98.9 cm³/mol. The summed E-state index contributed by atoms with van der Waals surface area (Å²) in [6, 6.07) is 4.40. The van der Waals surface area contributed by atoms with E-state index in [1.165, 1.54) is 19.1 Å². The number of rotatable bonds is 7. The highest BCUT2D eigenvalue weighted by molar-refractivity contribution is 6.47. The van der Waals surface area contributed by atoms with Crippen molar-refractivity contribution in [3.05, 3.63) is 29.3 Å². The van der Waals surface area contributed by atoms with E-state index in [9.17, 15) is 28.2 Å². The summed E-state index contributed by atoms with van der Waals surface area (Å²) in [4.78, 5) is 35.4. The Balaban J connectivity index is 2.11. The molecule has 0 fully saturated rings. The Labute approximate surface area is 171 Å². The van der Waals surface area contributed by atoms with Crippen molar-refractivity contribution in [1.82, 2.24) is 5.32 Å². The van der Waals surface area contributed by atoms with E-state index in [1.807, 2.05) is 0 Å². The first-order valence-corrected chi connectivity index (χ1v) is 9.28. The van der Waals surface area contributed by atoms with E-state index in [4.69, 9.17) is 14.1 Å². The van der Waals surface area contributed by atoms with Gasteiger partial charge in [0.25, 0.3) is 5.91 Å². The van der Waals surface area contributed by atoms with Gasteiger partial charge in [0, 0.05) is 13.3 Å². The monoisotopic (exact) mass is 429 g/mol. The van der Waals surface area contributed by atoms with E-state index in [1.54, 1.807) is 13.0 Å². The number of para-hydroxylation sites is 1. The van der Waals surface area contributed by atoms with Crippen LogP contribution < -0.4 is 9.97 Å². The fourth-order valence-electron chi connectivity index (χ4n) is 2.67. The van der Waals surface area contributed by atoms with Crippen molar-refractivity contribution >= 4 is 25.2 Å². The van der Waals surface area contributed by atoms with Crippen LogP contribution in [0.5, 0.6) is 5.75 Å². The number of alkyl halides is 2. The van der Waals surface area contributed by atoms with Gasteiger partial charge in [-0.1, -0.05) is 19.1 Å². The third kappa shape index (κ3) is 5.59. The molecular formula is C18H22BF2NO8. The number of carbonyl (C=O) groups excluding carboxylic acids is 3. The van der Waals surface area contributed by atoms with E-state index in [0.29, 0.717) is 5.56 Å². The Hall–Kier alpha value is -2.89. The van der Waals surface area contributed by atoms with Crippen LogP contribution in [0, 0.1) is 0 Å². The summed E-state index contributed by atoms with van der Waals surface area (Å²) in [5.74, 6) is -7.18. The minimum absolute atomic E-state index is 0.0221. The van der Waals surface area contributed by atoms with Gasteiger partial charge in [0.1, 0.15) is 11.3 Å². The molecule has 0 radical (unpaired) electrons. The molecule has 164 valence electrons. The van der Waals surface area contributed by atoms with E-state index in [0.717, 1.165) is 6.92 Å². The maximum absolute atomic E-state index is 13.5. The van der Waals surface area contributed by atoms with Crippen LogP contribution in [0.15, 0.2) is 18.2 Å². The summed E-state index contributed by atoms with van der Waals surface area (Å²) in [5.41, 5.74) is 0.313. The van der Waals surface area contributed by atoms with Gasteiger partial charge in [0.15, 0.2) is 0 Å². The van der Waals surface area contributed by atoms with Crippen LogP contribution >= 0.6 is 0 Å². The van der Waals surface area contributed by atoms with Gasteiger partial charge in [0.05, 0.1) is 12.5 Å². The van der Waals surface area contributed by atoms with E-state index in [2.05, 4.69) is 10.1 Å². The van der Waals surface area contributed by atoms with Gasteiger partial charge in [-0.2, -0.15) is 8.78 Å². The van der Waals surface area contributed by atoms with Gasteiger partial charge >= 0.3 is 25.2 Å². The Kier molecular flexibility index (Phi) is 7.60. The van der Waals surface area contributed by atoms with Gasteiger partial charge < -0.3 is 29.2 Å². The summed E-state index contributed by atoms with van der Waals surface area (Å²) in [6.45, 7) is 4.13. The number of hydrogen-bond donors (Lipinski definition) is 2. The molecule has 1 aliphatic heterocycles. The van der Waals surface area contributed by atoms with Crippen molar-refractivity contribution in [1.29, 1.82) is 0 Å². The number of carbonyl (C=O) groups is 3. The second kappa shape index (κ2) is 9.74. The predicted octanol–water partition coefficient (Wildman–Crippen LogP) is 1.85. The van der Waals surface area contributed by atoms with Crippen LogP contribution in [-0.2, 0) is 25.4 Å². The first-order valence-electron chi connectivity index (χ1n) is 9.28. The summed E-state index contributed by atoms with van der Waals surface area (Å²) < 4.78 is 46.7. The van der Waals surface area contributed by atoms with Crippen LogP contribution in [0.25, 0.3) is 0 Å². The number of nitrogens with one attached hydrogen (secondary N) is 1. The fourth-order valence-corrected chi connectivity index (χ4v) is 2.67. The van der Waals surface area contributed by atoms with Gasteiger partial charge in [-0.15, -0.1) is 0 Å². The molecule has 12 heteroatoms. The lowest BCUT2D eigenvalue weighted by molar-refractivity contribution is -0.146. The molecule has 0 aliphatic carbocycles. The van der Waals surface area contributed by atoms with E-state index >= 15 is 0 Å². The summed E-state index contributed by atoms with van der Waals surface area (Å²) in [6.07, 6.45) is -3.02. The zero-order chi connectivity index (χ0) is 22.5. The average Bonchev–Trinajstić information content (AvgIpc) is 2.67. The van der Waals surface area contributed by atoms with Crippen molar-refractivity contribution in [2.24, 2.45) is 0 Å². The average molecular weight is 429 g/mol. The van der Waals surface area contributed by atoms with Crippen LogP contribution in [-0.4, -0.2) is 54.9 Å². The molecule has 9 nitrogen and oxygen atoms in total. The lowest BCUT2D eigenvalue weighted by atomic mass is 9.72. The molecule has 0 saturated carbocycles. The highest BCUT2D eigenvalue weighted by Crippen LogP contribution is 2.31. The van der Waals surface area contributed by atoms with E-state index < -0.39 is 49.7 Å². The standard InChI is InChI=1S/C18H22BF2NO8/c1-4-18(20,21)16(24)22-13-9-11-7-6-8-12(14(11)30-19(13)26)15(23)28-10(3)29-17(25)27-5-2/h6-8,10,13,26H,4-5,9H2,1-3H3,(H,22,24)/t10?,13-/m0/s1. The molecule has 1 heterocycles. The Morgan fingerprint density at radius 1 is 1.33 bits per heavy atom. The number of fused-ring (bicyclic) bond motifs is 1. The zero-order valence-corrected chi connectivity index (χ0v) is 16.6. The quantitative estimate of drug-likeness (QED) is 0.383. The largest absolute Gasteiger partial charge is 0.547 e. The van der Waals surface area contributed by atoms with E-state index in [-0.39, 0.29) is 24.3 Å². The topological polar surface area (TPSA) is 120 Å². The molecule has 1 aromatic carbocycles. The SMILES string of the molecule is CCOC(=O)OC(C)OC(=O)c1cccc2c1OB(O)[C@@H](NC(=O)C(F)(F)CC)C2. The van der Waals surface area contributed by atoms with Gasteiger partial charge in [0.2, 0.25) is 6.29 Å². The van der Waals surface area contributed by atoms with Crippen molar-refractivity contribution in [2.75, 3.05) is 6.61 Å². The molecule has 0 saturated heterocycles. The molecule has 0 aromatic heterocycles. The highest BCUT2D eigenvalue weighted by atomic mass is 19.3. The van der Waals surface area contributed by atoms with Gasteiger partial charge in [-0.25, -0.2) is 9.59 Å². The van der Waals surface area contributed by atoms with Crippen LogP contribution in [0.3, 0.4) is 0 Å². The number of ether oxygens (including phenoxy) is 3. The molecule has 1 aromatic rings. The summed E-state index contributed by atoms with van der Waals surface area (Å²) >= 11 is 0. The minimum atomic E-state index is -3.58. The molecule has 0 spiro atoms. The summed E-state index contributed by atoms with van der Waals surface area (Å²) in [7, 11) is -1.67. The molecule has 0 bridgehead atoms. The Morgan fingerprint density at radius 3 is 2.67 bits per heavy atom. The third-order valence-corrected chi connectivity index (χ3v) is 4.23. The lowest BCUT2D eigenvalue weighted by Gasteiger charge is -2.30. The van der Waals surface area contributed by atoms with Gasteiger partial charge in [-0.05, 0) is 25.0 Å². The fraction of sp³-hybridized carbons (Fsp3) is 0.500. The first kappa shape index (κ1) is 23.4. The lowest BCUT2D eigenvalue weighted by Crippen LogP contribution is -2.56. The minimum Gasteiger partial charge on any atom is -0.534 e. The number of hydrogen-bond acceptors (Lipinski definition) is 8. The Bertz CT molecular complexity index is 806. The number of amides is 1. The molecule has 2 rings (SSSR count). The molecule has 2 N–H and O–H groups in total. The maximum Gasteiger partial charge on any atom is 0.547 e. The zero-order valence-electron chi connectivity index (χ0n) is 16.6. The van der Waals surface area contributed by atoms with Crippen LogP contribution in [0.1, 0.15) is 43.1 Å². The molecule has 1 amide bonds. The third-order valence-electron chi connectivity index (χ3n) is 4.23. The Morgan fingerprint density at radius 2 is 2.03 bits per heavy atom. The second-order valence-electron chi connectivity index (χ2n) is 6.42. The molecule has 1 aliphatic rings. The molecule has 2 atom stereocenters. The van der Waals surface area contributed by atoms with Crippen molar-refractivity contribution < 1.29 is 47.1 Å². The molecule has 1 unspecified atom stereocenters. The summed E-state index contributed by atoms with van der Waals surface area (Å²) in [5, 5.41) is 12.2. The van der Waals surface area contributed by atoms with Crippen LogP contribution in [0.2, 0.25) is 0 Å². The van der Waals surface area contributed by atoms with Gasteiger partial charge in [-0.3, -0.25) is 4.79 Å². The smallest absolute Gasteiger partial charge is 0.534 e. The second-order valence-corrected chi connectivity index (χ2v) is 6.42. The highest BCUT2D eigenvalue weighted by Gasteiger charge is 2.43.